The summed E-state index contributed by atoms with van der Waals surface area (Å²) < 4.78 is 34.8. The average molecular weight is 1290 g/mol. The molecular formula is C80H159NO8P+. The predicted molar refractivity (Wildman–Crippen MR) is 391 cm³/mol. The maximum atomic E-state index is 12.9. The van der Waals surface area contributed by atoms with Crippen molar-refractivity contribution in [3.8, 4) is 0 Å². The van der Waals surface area contributed by atoms with Gasteiger partial charge in [-0.15, -0.1) is 0 Å². The molecule has 0 heterocycles. The fourth-order valence-corrected chi connectivity index (χ4v) is 13.3. The number of phosphoric ester groups is 1. The largest absolute Gasteiger partial charge is 0.472 e. The number of unbranched alkanes of at least 4 members (excludes halogenated alkanes) is 61. The van der Waals surface area contributed by atoms with E-state index in [0.717, 1.165) is 38.5 Å². The number of ether oxygens (including phenoxy) is 2. The van der Waals surface area contributed by atoms with Crippen LogP contribution in [0.3, 0.4) is 0 Å². The number of hydrogen-bond donors (Lipinski definition) is 1. The second-order valence-electron chi connectivity index (χ2n) is 29.2. The summed E-state index contributed by atoms with van der Waals surface area (Å²) in [6, 6.07) is 0. The van der Waals surface area contributed by atoms with E-state index in [1.807, 2.05) is 21.1 Å². The quantitative estimate of drug-likeness (QED) is 0.0211. The molecule has 2 unspecified atom stereocenters. The van der Waals surface area contributed by atoms with E-state index < -0.39 is 26.5 Å². The van der Waals surface area contributed by atoms with Crippen LogP contribution in [0.1, 0.15) is 438 Å². The van der Waals surface area contributed by atoms with Gasteiger partial charge in [-0.05, 0) is 38.5 Å². The van der Waals surface area contributed by atoms with Crippen LogP contribution in [0.2, 0.25) is 0 Å². The normalized spacial score (nSPS) is 13.0. The number of nitrogens with zero attached hydrogens (tertiary/aromatic N) is 1. The first-order valence-corrected chi connectivity index (χ1v) is 41.9. The monoisotopic (exact) mass is 1290 g/mol. The summed E-state index contributed by atoms with van der Waals surface area (Å²) >= 11 is 0. The van der Waals surface area contributed by atoms with Crippen LogP contribution in [0.15, 0.2) is 12.2 Å². The van der Waals surface area contributed by atoms with Gasteiger partial charge in [-0.3, -0.25) is 18.6 Å². The van der Waals surface area contributed by atoms with E-state index in [-0.39, 0.29) is 25.6 Å². The Balaban J connectivity index is 3.88. The van der Waals surface area contributed by atoms with Crippen LogP contribution < -0.4 is 0 Å². The standard InChI is InChI=1S/C80H158NO8P/c1-6-8-10-12-14-16-18-20-22-24-26-28-30-32-34-36-37-38-39-40-41-42-43-45-46-48-50-52-54-56-58-60-62-64-66-68-70-72-79(82)86-76-78(77-88-90(84,85)87-75-74-81(3,4)5)89-80(83)73-71-69-67-65-63-61-59-57-55-53-51-49-47-44-35-33-31-29-27-25-23-21-19-17-15-13-11-9-7-2/h25,27,78H,6-24,26,28-77H2,1-5H3/p+1/b27-25-. The van der Waals surface area contributed by atoms with Gasteiger partial charge in [0, 0.05) is 12.8 Å². The van der Waals surface area contributed by atoms with Gasteiger partial charge in [-0.1, -0.05) is 398 Å². The van der Waals surface area contributed by atoms with Gasteiger partial charge < -0.3 is 18.9 Å². The number of quaternary nitrogens is 1. The van der Waals surface area contributed by atoms with Gasteiger partial charge in [-0.2, -0.15) is 0 Å². The molecule has 0 aliphatic heterocycles. The fraction of sp³-hybridized carbons (Fsp3) is 0.950. The molecule has 0 bridgehead atoms. The van der Waals surface area contributed by atoms with E-state index in [1.54, 1.807) is 0 Å². The highest BCUT2D eigenvalue weighted by atomic mass is 31.2. The molecule has 10 heteroatoms. The van der Waals surface area contributed by atoms with Crippen molar-refractivity contribution in [3.05, 3.63) is 12.2 Å². The van der Waals surface area contributed by atoms with Gasteiger partial charge in [0.15, 0.2) is 6.10 Å². The van der Waals surface area contributed by atoms with Crippen LogP contribution in [0.25, 0.3) is 0 Å². The highest BCUT2D eigenvalue weighted by Crippen LogP contribution is 2.43. The minimum atomic E-state index is -4.39. The van der Waals surface area contributed by atoms with Gasteiger partial charge in [0.25, 0.3) is 0 Å². The molecule has 536 valence electrons. The fourth-order valence-electron chi connectivity index (χ4n) is 12.6. The summed E-state index contributed by atoms with van der Waals surface area (Å²) in [5, 5.41) is 0. The van der Waals surface area contributed by atoms with Gasteiger partial charge in [0.2, 0.25) is 0 Å². The van der Waals surface area contributed by atoms with Crippen molar-refractivity contribution in [1.82, 2.24) is 0 Å². The summed E-state index contributed by atoms with van der Waals surface area (Å²) in [7, 11) is 1.51. The average Bonchev–Trinajstić information content (AvgIpc) is 3.58. The molecule has 9 nitrogen and oxygen atoms in total. The van der Waals surface area contributed by atoms with Crippen molar-refractivity contribution < 1.29 is 42.1 Å². The SMILES string of the molecule is CCCCCCCCCC/C=C\CCCCCCCCCCCCCCCCCCCC(=O)OC(COC(=O)CCCCCCCCCCCCCCCCCCCCCCCCCCCCCCCCCCCCCCC)COP(=O)(O)OCC[N+](C)(C)C. The van der Waals surface area contributed by atoms with E-state index in [1.165, 1.54) is 372 Å². The maximum absolute atomic E-state index is 12.9. The van der Waals surface area contributed by atoms with E-state index >= 15 is 0 Å². The molecule has 0 rings (SSSR count). The van der Waals surface area contributed by atoms with Gasteiger partial charge >= 0.3 is 19.8 Å². The summed E-state index contributed by atoms with van der Waals surface area (Å²) in [6.07, 6.45) is 90.9. The third kappa shape index (κ3) is 75.8. The molecule has 0 radical (unpaired) electrons. The first kappa shape index (κ1) is 88.8. The van der Waals surface area contributed by atoms with Crippen LogP contribution in [-0.2, 0) is 32.7 Å². The minimum absolute atomic E-state index is 0.0366. The number of carbonyl (C=O) groups is 2. The summed E-state index contributed by atoms with van der Waals surface area (Å²) in [6.45, 7) is 4.53. The maximum Gasteiger partial charge on any atom is 0.472 e. The molecule has 90 heavy (non-hydrogen) atoms. The number of likely N-dealkylation sites (N-methyl/N-ethyl adjacent to an activating group) is 1. The Morgan fingerprint density at radius 2 is 0.567 bits per heavy atom. The number of esters is 2. The topological polar surface area (TPSA) is 108 Å². The Hall–Kier alpha value is -1.25. The lowest BCUT2D eigenvalue weighted by molar-refractivity contribution is -0.870. The minimum Gasteiger partial charge on any atom is -0.462 e. The molecule has 0 fully saturated rings. The Kier molecular flexibility index (Phi) is 71.0. The molecule has 2 atom stereocenters. The molecule has 0 aromatic heterocycles. The second kappa shape index (κ2) is 72.0. The van der Waals surface area contributed by atoms with E-state index in [4.69, 9.17) is 18.5 Å². The number of phosphoric acid groups is 1. The molecular weight excluding hydrogens is 1130 g/mol. The lowest BCUT2D eigenvalue weighted by atomic mass is 10.0. The van der Waals surface area contributed by atoms with E-state index in [2.05, 4.69) is 26.0 Å². The Morgan fingerprint density at radius 1 is 0.333 bits per heavy atom. The van der Waals surface area contributed by atoms with E-state index in [0.29, 0.717) is 17.4 Å². The second-order valence-corrected chi connectivity index (χ2v) is 30.6. The van der Waals surface area contributed by atoms with Crippen molar-refractivity contribution in [2.24, 2.45) is 0 Å². The zero-order valence-electron chi connectivity index (χ0n) is 61.4. The molecule has 0 aliphatic rings. The van der Waals surface area contributed by atoms with Crippen molar-refractivity contribution in [2.45, 2.75) is 444 Å². The first-order chi connectivity index (χ1) is 44.0. The highest BCUT2D eigenvalue weighted by Gasteiger charge is 2.27. The Labute approximate surface area is 562 Å². The Morgan fingerprint density at radius 3 is 0.822 bits per heavy atom. The number of hydrogen-bond acceptors (Lipinski definition) is 7. The molecule has 0 aliphatic carbocycles. The summed E-state index contributed by atoms with van der Waals surface area (Å²) in [4.78, 5) is 36.0. The van der Waals surface area contributed by atoms with Crippen molar-refractivity contribution >= 4 is 19.8 Å². The number of carbonyl (C=O) groups excluding carboxylic acids is 2. The van der Waals surface area contributed by atoms with Crippen LogP contribution in [0.5, 0.6) is 0 Å². The van der Waals surface area contributed by atoms with Crippen LogP contribution in [0.4, 0.5) is 0 Å². The number of rotatable bonds is 77. The molecule has 0 saturated heterocycles. The molecule has 0 amide bonds. The lowest BCUT2D eigenvalue weighted by Gasteiger charge is -2.24. The molecule has 0 saturated carbocycles. The molecule has 0 spiro atoms. The van der Waals surface area contributed by atoms with Crippen molar-refractivity contribution in [3.63, 3.8) is 0 Å². The smallest absolute Gasteiger partial charge is 0.462 e. The zero-order chi connectivity index (χ0) is 65.5. The lowest BCUT2D eigenvalue weighted by Crippen LogP contribution is -2.37. The highest BCUT2D eigenvalue weighted by molar-refractivity contribution is 7.47. The Bertz CT molecular complexity index is 1520. The van der Waals surface area contributed by atoms with E-state index in [9.17, 15) is 19.0 Å². The third-order valence-electron chi connectivity index (χ3n) is 18.8. The molecule has 0 aromatic rings. The molecule has 1 N–H and O–H groups in total. The van der Waals surface area contributed by atoms with Gasteiger partial charge in [0.05, 0.1) is 27.7 Å². The third-order valence-corrected chi connectivity index (χ3v) is 19.8. The van der Waals surface area contributed by atoms with Crippen molar-refractivity contribution in [1.29, 1.82) is 0 Å². The number of allylic oxidation sites excluding steroid dienone is 2. The zero-order valence-corrected chi connectivity index (χ0v) is 62.3. The van der Waals surface area contributed by atoms with Crippen LogP contribution >= 0.6 is 7.82 Å². The summed E-state index contributed by atoms with van der Waals surface area (Å²) in [5.41, 5.74) is 0. The van der Waals surface area contributed by atoms with Crippen LogP contribution in [0, 0.1) is 0 Å². The first-order valence-electron chi connectivity index (χ1n) is 40.4. The van der Waals surface area contributed by atoms with Gasteiger partial charge in [-0.25, -0.2) is 4.57 Å². The van der Waals surface area contributed by atoms with Crippen LogP contribution in [-0.4, -0.2) is 74.9 Å². The van der Waals surface area contributed by atoms with Crippen molar-refractivity contribution in [2.75, 3.05) is 47.5 Å². The summed E-state index contributed by atoms with van der Waals surface area (Å²) in [5.74, 6) is -0.768. The molecule has 0 aromatic carbocycles. The van der Waals surface area contributed by atoms with Gasteiger partial charge in [0.1, 0.15) is 19.8 Å². The predicted octanol–water partition coefficient (Wildman–Crippen LogP) is 26.6.